The minimum Gasteiger partial charge on any atom is -0.305 e. The van der Waals surface area contributed by atoms with Gasteiger partial charge in [-0.25, -0.2) is 4.98 Å². The van der Waals surface area contributed by atoms with Crippen LogP contribution < -0.4 is 4.90 Å². The Morgan fingerprint density at radius 3 is 2.79 bits per heavy atom. The first-order chi connectivity index (χ1) is 11.7. The third-order valence-corrected chi connectivity index (χ3v) is 4.25. The van der Waals surface area contributed by atoms with Crippen LogP contribution in [0.3, 0.4) is 0 Å². The van der Waals surface area contributed by atoms with Crippen molar-refractivity contribution in [2.75, 3.05) is 18.0 Å². The number of pyridine rings is 1. The lowest BCUT2D eigenvalue weighted by Gasteiger charge is -2.21. The molecule has 0 fully saturated rings. The molecule has 0 saturated heterocycles. The van der Waals surface area contributed by atoms with Crippen LogP contribution in [0.4, 0.5) is 5.69 Å². The highest BCUT2D eigenvalue weighted by molar-refractivity contribution is 6.36. The maximum absolute atomic E-state index is 12.5. The van der Waals surface area contributed by atoms with Gasteiger partial charge in [0, 0.05) is 17.8 Å². The number of hydrogen-bond donors (Lipinski definition) is 0. The van der Waals surface area contributed by atoms with Gasteiger partial charge in [0.05, 0.1) is 16.4 Å². The minimum atomic E-state index is -0.0794. The van der Waals surface area contributed by atoms with E-state index in [4.69, 9.17) is 16.6 Å². The van der Waals surface area contributed by atoms with E-state index in [1.807, 2.05) is 43.3 Å². The number of fused-ring (bicyclic) bond motifs is 1. The zero-order valence-corrected chi connectivity index (χ0v) is 14.3. The number of aryl methyl sites for hydroxylation is 1. The molecule has 0 atom stereocenters. The molecule has 3 rings (SSSR count). The number of amides is 1. The molecule has 0 spiro atoms. The molecule has 122 valence electrons. The lowest BCUT2D eigenvalue weighted by molar-refractivity contribution is -0.117. The van der Waals surface area contributed by atoms with Crippen molar-refractivity contribution < 1.29 is 4.79 Å². The largest absolute Gasteiger partial charge is 0.305 e. The standard InChI is InChI=1S/C19H18ClN3O/c1-3-11-23-16-10-9-13(4-2)22-19(16)18(21-12-17(23)24)14-7-5-6-8-15(14)20/h3,5-10H,1,4,11-12H2,2H3. The molecule has 4 nitrogen and oxygen atoms in total. The zero-order valence-electron chi connectivity index (χ0n) is 13.5. The highest BCUT2D eigenvalue weighted by Crippen LogP contribution is 2.28. The van der Waals surface area contributed by atoms with Gasteiger partial charge in [-0.05, 0) is 24.6 Å². The molecule has 5 heteroatoms. The summed E-state index contributed by atoms with van der Waals surface area (Å²) in [5.41, 5.74) is 3.82. The fourth-order valence-corrected chi connectivity index (χ4v) is 2.94. The normalized spacial score (nSPS) is 14.0. The molecule has 2 aromatic rings. The second kappa shape index (κ2) is 6.97. The zero-order chi connectivity index (χ0) is 17.1. The fourth-order valence-electron chi connectivity index (χ4n) is 2.72. The molecular weight excluding hydrogens is 322 g/mol. The van der Waals surface area contributed by atoms with Crippen molar-refractivity contribution in [2.45, 2.75) is 13.3 Å². The first-order valence-corrected chi connectivity index (χ1v) is 8.24. The number of aromatic nitrogens is 1. The molecule has 0 unspecified atom stereocenters. The first-order valence-electron chi connectivity index (χ1n) is 7.86. The molecule has 0 aliphatic carbocycles. The van der Waals surface area contributed by atoms with Crippen molar-refractivity contribution in [1.29, 1.82) is 0 Å². The Morgan fingerprint density at radius 1 is 1.29 bits per heavy atom. The van der Waals surface area contributed by atoms with Gasteiger partial charge in [-0.1, -0.05) is 42.8 Å². The quantitative estimate of drug-likeness (QED) is 0.798. The molecule has 1 aliphatic rings. The molecule has 0 N–H and O–H groups in total. The molecule has 1 amide bonds. The van der Waals surface area contributed by atoms with Crippen molar-refractivity contribution in [2.24, 2.45) is 4.99 Å². The Morgan fingerprint density at radius 2 is 2.08 bits per heavy atom. The molecule has 2 heterocycles. The maximum atomic E-state index is 12.5. The number of rotatable bonds is 4. The lowest BCUT2D eigenvalue weighted by atomic mass is 10.0. The molecule has 0 radical (unpaired) electrons. The van der Waals surface area contributed by atoms with Gasteiger partial charge in [0.15, 0.2) is 0 Å². The number of carbonyl (C=O) groups is 1. The van der Waals surface area contributed by atoms with E-state index in [0.29, 0.717) is 23.0 Å². The van der Waals surface area contributed by atoms with Gasteiger partial charge in [-0.2, -0.15) is 0 Å². The highest BCUT2D eigenvalue weighted by Gasteiger charge is 2.26. The first kappa shape index (κ1) is 16.4. The van der Waals surface area contributed by atoms with E-state index in [1.165, 1.54) is 0 Å². The van der Waals surface area contributed by atoms with E-state index in [9.17, 15) is 4.79 Å². The molecule has 1 aromatic heterocycles. The Balaban J connectivity index is 2.24. The van der Waals surface area contributed by atoms with Crippen LogP contribution in [0.2, 0.25) is 5.02 Å². The van der Waals surface area contributed by atoms with Crippen LogP contribution in [0.15, 0.2) is 54.0 Å². The van der Waals surface area contributed by atoms with E-state index in [2.05, 4.69) is 11.6 Å². The number of benzene rings is 1. The lowest BCUT2D eigenvalue weighted by Crippen LogP contribution is -2.32. The van der Waals surface area contributed by atoms with Gasteiger partial charge < -0.3 is 4.90 Å². The van der Waals surface area contributed by atoms with Crippen molar-refractivity contribution in [3.05, 3.63) is 71.0 Å². The number of hydrogen-bond acceptors (Lipinski definition) is 3. The second-order valence-corrected chi connectivity index (χ2v) is 5.87. The van der Waals surface area contributed by atoms with Gasteiger partial charge >= 0.3 is 0 Å². The second-order valence-electron chi connectivity index (χ2n) is 5.46. The number of carbonyl (C=O) groups excluding carboxylic acids is 1. The van der Waals surface area contributed by atoms with Crippen molar-refractivity contribution in [1.82, 2.24) is 4.98 Å². The molecule has 24 heavy (non-hydrogen) atoms. The summed E-state index contributed by atoms with van der Waals surface area (Å²) in [7, 11) is 0. The van der Waals surface area contributed by atoms with E-state index < -0.39 is 0 Å². The van der Waals surface area contributed by atoms with Gasteiger partial charge in [0.1, 0.15) is 12.2 Å². The summed E-state index contributed by atoms with van der Waals surface area (Å²) in [5, 5.41) is 0.593. The summed E-state index contributed by atoms with van der Waals surface area (Å²) in [4.78, 5) is 23.4. The average Bonchev–Trinajstić information content (AvgIpc) is 2.73. The third-order valence-electron chi connectivity index (χ3n) is 3.92. The fraction of sp³-hybridized carbons (Fsp3) is 0.211. The molecular formula is C19H18ClN3O. The van der Waals surface area contributed by atoms with Crippen LogP contribution in [0.1, 0.15) is 23.9 Å². The Kier molecular flexibility index (Phi) is 4.76. The number of anilines is 1. The van der Waals surface area contributed by atoms with Crippen LogP contribution in [0.5, 0.6) is 0 Å². The number of nitrogens with zero attached hydrogens (tertiary/aromatic N) is 3. The van der Waals surface area contributed by atoms with Crippen molar-refractivity contribution in [3.63, 3.8) is 0 Å². The smallest absolute Gasteiger partial charge is 0.249 e. The molecule has 0 bridgehead atoms. The predicted molar refractivity (Wildman–Crippen MR) is 98.1 cm³/mol. The number of halogens is 1. The van der Waals surface area contributed by atoms with Gasteiger partial charge in [0.25, 0.3) is 0 Å². The van der Waals surface area contributed by atoms with Gasteiger partial charge in [-0.3, -0.25) is 9.79 Å². The Labute approximate surface area is 146 Å². The monoisotopic (exact) mass is 339 g/mol. The van der Waals surface area contributed by atoms with E-state index in [1.54, 1.807) is 11.0 Å². The Bertz CT molecular complexity index is 829. The van der Waals surface area contributed by atoms with Crippen LogP contribution in [-0.4, -0.2) is 29.7 Å². The van der Waals surface area contributed by atoms with Crippen LogP contribution in [-0.2, 0) is 11.2 Å². The molecule has 0 saturated carbocycles. The predicted octanol–water partition coefficient (Wildman–Crippen LogP) is 3.67. The number of aliphatic imine (C=N–C) groups is 1. The van der Waals surface area contributed by atoms with E-state index in [0.717, 1.165) is 23.4 Å². The summed E-state index contributed by atoms with van der Waals surface area (Å²) in [6.45, 7) is 6.27. The third kappa shape index (κ3) is 2.97. The summed E-state index contributed by atoms with van der Waals surface area (Å²) in [6, 6.07) is 11.4. The van der Waals surface area contributed by atoms with Crippen LogP contribution in [0.25, 0.3) is 0 Å². The Hall–Kier alpha value is -2.46. The van der Waals surface area contributed by atoms with E-state index in [-0.39, 0.29) is 12.5 Å². The summed E-state index contributed by atoms with van der Waals surface area (Å²) in [5.74, 6) is -0.0794. The van der Waals surface area contributed by atoms with Crippen molar-refractivity contribution in [3.8, 4) is 0 Å². The highest BCUT2D eigenvalue weighted by atomic mass is 35.5. The van der Waals surface area contributed by atoms with E-state index >= 15 is 0 Å². The molecule has 1 aliphatic heterocycles. The molecule has 1 aromatic carbocycles. The van der Waals surface area contributed by atoms with Gasteiger partial charge in [-0.15, -0.1) is 6.58 Å². The minimum absolute atomic E-state index is 0.0617. The summed E-state index contributed by atoms with van der Waals surface area (Å²) in [6.07, 6.45) is 2.51. The summed E-state index contributed by atoms with van der Waals surface area (Å²) < 4.78 is 0. The average molecular weight is 340 g/mol. The van der Waals surface area contributed by atoms with Crippen LogP contribution >= 0.6 is 11.6 Å². The van der Waals surface area contributed by atoms with Crippen molar-refractivity contribution >= 4 is 28.9 Å². The summed E-state index contributed by atoms with van der Waals surface area (Å²) >= 11 is 6.36. The topological polar surface area (TPSA) is 45.6 Å². The van der Waals surface area contributed by atoms with Gasteiger partial charge in [0.2, 0.25) is 5.91 Å². The SMILES string of the molecule is C=CCN1C(=O)CN=C(c2ccccc2Cl)c2nc(CC)ccc21. The maximum Gasteiger partial charge on any atom is 0.249 e. The van der Waals surface area contributed by atoms with Crippen LogP contribution in [0, 0.1) is 0 Å².